The summed E-state index contributed by atoms with van der Waals surface area (Å²) in [5.74, 6) is -0.870. The molecule has 1 saturated carbocycles. The summed E-state index contributed by atoms with van der Waals surface area (Å²) in [6, 6.07) is 13.4. The lowest BCUT2D eigenvalue weighted by Crippen LogP contribution is -2.62. The van der Waals surface area contributed by atoms with Gasteiger partial charge in [-0.15, -0.1) is 0 Å². The molecule has 75 heavy (non-hydrogen) atoms. The van der Waals surface area contributed by atoms with Gasteiger partial charge in [0.1, 0.15) is 30.2 Å². The van der Waals surface area contributed by atoms with Crippen molar-refractivity contribution < 1.29 is 37.3 Å². The first kappa shape index (κ1) is 52.7. The maximum atomic E-state index is 17.0. The Kier molecular flexibility index (Phi) is 14.9. The first-order valence-corrected chi connectivity index (χ1v) is 25.5. The molecule has 10 rings (SSSR count). The Bertz CT molecular complexity index is 3330. The van der Waals surface area contributed by atoms with E-state index in [9.17, 15) is 20.1 Å². The average molecular weight is 1080 g/mol. The van der Waals surface area contributed by atoms with Gasteiger partial charge in [-0.1, -0.05) is 80.9 Å². The van der Waals surface area contributed by atoms with E-state index in [0.717, 1.165) is 6.42 Å². The Labute approximate surface area is 448 Å². The molecule has 3 saturated heterocycles. The zero-order valence-corrected chi connectivity index (χ0v) is 44.0. The lowest BCUT2D eigenvalue weighted by Gasteiger charge is -2.52. The number of aromatic nitrogens is 2. The van der Waals surface area contributed by atoms with Gasteiger partial charge in [-0.2, -0.15) is 10.5 Å². The molecule has 0 radical (unpaired) electrons. The smallest absolute Gasteiger partial charge is 0.246 e. The molecule has 2 aliphatic carbocycles. The lowest BCUT2D eigenvalue weighted by molar-refractivity contribution is -0.142. The van der Waals surface area contributed by atoms with Gasteiger partial charge in [0.05, 0.1) is 80.1 Å². The zero-order valence-electron chi connectivity index (χ0n) is 41.8. The van der Waals surface area contributed by atoms with E-state index >= 15 is 8.78 Å². The minimum absolute atomic E-state index is 0.0135. The molecule has 2 aromatic heterocycles. The summed E-state index contributed by atoms with van der Waals surface area (Å²) in [5.41, 5.74) is 1.17. The molecule has 7 atom stereocenters. The minimum Gasteiger partial charge on any atom is -0.493 e. The number of nitrogens with zero attached hydrogens (tertiary/aromatic N) is 6. The van der Waals surface area contributed by atoms with Gasteiger partial charge in [-0.25, -0.2) is 8.78 Å². The summed E-state index contributed by atoms with van der Waals surface area (Å²) in [7, 11) is 3.01. The van der Waals surface area contributed by atoms with Crippen molar-refractivity contribution in [2.24, 2.45) is 23.7 Å². The van der Waals surface area contributed by atoms with E-state index < -0.39 is 35.2 Å². The number of nitriles is 2. The molecule has 5 heterocycles. The van der Waals surface area contributed by atoms with E-state index in [2.05, 4.69) is 45.9 Å². The fourth-order valence-corrected chi connectivity index (χ4v) is 11.8. The van der Waals surface area contributed by atoms with Crippen LogP contribution in [0.2, 0.25) is 5.02 Å². The van der Waals surface area contributed by atoms with Crippen LogP contribution in [-0.2, 0) is 16.0 Å². The number of likely N-dealkylation sites (tertiary alicyclic amines) is 1. The second-order valence-electron chi connectivity index (χ2n) is 19.7. The highest BCUT2D eigenvalue weighted by Gasteiger charge is 2.50. The van der Waals surface area contributed by atoms with Crippen molar-refractivity contribution in [1.29, 1.82) is 10.5 Å². The van der Waals surface area contributed by atoms with Crippen molar-refractivity contribution in [2.45, 2.75) is 70.2 Å². The van der Waals surface area contributed by atoms with Crippen molar-refractivity contribution in [3.05, 3.63) is 124 Å². The number of hydrogen-bond donors (Lipinski definition) is 2. The van der Waals surface area contributed by atoms with Crippen molar-refractivity contribution in [3.63, 3.8) is 0 Å². The fourth-order valence-electron chi connectivity index (χ4n) is 11.1. The maximum Gasteiger partial charge on any atom is 0.246 e. The predicted octanol–water partition coefficient (Wildman–Crippen LogP) is 11.7. The normalized spacial score (nSPS) is 23.1. The molecule has 3 aliphatic heterocycles. The number of fused-ring (bicyclic) bond motifs is 4. The number of carbonyl (C=O) groups is 2. The molecule has 3 unspecified atom stereocenters. The first-order chi connectivity index (χ1) is 36.0. The number of carbonyl (C=O) groups excluding carboxylic acids is 2. The van der Waals surface area contributed by atoms with Crippen molar-refractivity contribution >= 4 is 85.5 Å². The largest absolute Gasteiger partial charge is 0.493 e. The van der Waals surface area contributed by atoms with Crippen LogP contribution in [0.1, 0.15) is 56.7 Å². The number of rotatable bonds is 15. The van der Waals surface area contributed by atoms with Crippen molar-refractivity contribution in [3.8, 4) is 35.1 Å². The van der Waals surface area contributed by atoms with Gasteiger partial charge in [0.2, 0.25) is 11.8 Å². The molecular weight excluding hydrogens is 1030 g/mol. The Morgan fingerprint density at radius 3 is 2.08 bits per heavy atom. The second kappa shape index (κ2) is 21.3. The van der Waals surface area contributed by atoms with Crippen LogP contribution in [0, 0.1) is 52.2 Å². The Morgan fingerprint density at radius 2 is 1.49 bits per heavy atom. The third kappa shape index (κ3) is 9.64. The van der Waals surface area contributed by atoms with Crippen LogP contribution >= 0.6 is 34.8 Å². The number of nitrogens with one attached hydrogen (secondary N) is 2. The summed E-state index contributed by atoms with van der Waals surface area (Å²) >= 11 is 19.5. The quantitative estimate of drug-likeness (QED) is 0.0951. The van der Waals surface area contributed by atoms with Gasteiger partial charge in [-0.05, 0) is 54.7 Å². The Balaban J connectivity index is 1.02. The third-order valence-electron chi connectivity index (χ3n) is 15.2. The monoisotopic (exact) mass is 1080 g/mol. The summed E-state index contributed by atoms with van der Waals surface area (Å²) < 4.78 is 57.6. The van der Waals surface area contributed by atoms with Crippen LogP contribution in [0.15, 0.2) is 96.1 Å². The molecule has 2 N–H and O–H groups in total. The summed E-state index contributed by atoms with van der Waals surface area (Å²) in [6.07, 6.45) is 7.97. The average Bonchev–Trinajstić information content (AvgIpc) is 3.41. The number of allylic oxidation sites excluding steroid dienone is 2. The highest BCUT2D eigenvalue weighted by molar-refractivity contribution is 6.44. The van der Waals surface area contributed by atoms with Gasteiger partial charge in [0, 0.05) is 85.5 Å². The minimum atomic E-state index is -0.996. The summed E-state index contributed by atoms with van der Waals surface area (Å²) in [4.78, 5) is 38.7. The molecule has 0 spiro atoms. The van der Waals surface area contributed by atoms with Crippen LogP contribution in [-0.4, -0.2) is 89.2 Å². The number of benzene rings is 3. The molecule has 14 nitrogen and oxygen atoms in total. The number of methoxy groups -OCH3 is 2. The predicted molar refractivity (Wildman–Crippen MR) is 285 cm³/mol. The third-order valence-corrected chi connectivity index (χ3v) is 16.4. The molecule has 3 aromatic carbocycles. The zero-order chi connectivity index (χ0) is 53.6. The number of hydrogen-bond acceptors (Lipinski definition) is 12. The topological polar surface area (TPSA) is 175 Å². The van der Waals surface area contributed by atoms with Gasteiger partial charge in [0.15, 0.2) is 28.8 Å². The van der Waals surface area contributed by atoms with E-state index in [-0.39, 0.29) is 92.6 Å². The maximum absolute atomic E-state index is 17.0. The van der Waals surface area contributed by atoms with Gasteiger partial charge < -0.3 is 39.4 Å². The molecule has 2 bridgehead atoms. The first-order valence-electron chi connectivity index (χ1n) is 24.4. The van der Waals surface area contributed by atoms with E-state index in [0.29, 0.717) is 75.6 Å². The Hall–Kier alpha value is -7.11. The SMILES string of the molecule is C=CC(=O)N1C[C@H]2C[C@@H](C1)C2Oc1cc2c(Nc3ccc(C[C@@]4(C(C)C)C[C@@H](Oc5cc6c(NC7C(F)=C(Cl)C(Cl)=CC7C)c(C#N)cnc6cc5OC)CCN4C(=O)C=C)c(Cl)c3F)c(C#N)cnc2cc1OC. The van der Waals surface area contributed by atoms with Gasteiger partial charge >= 0.3 is 0 Å². The number of ether oxygens (including phenoxy) is 4. The summed E-state index contributed by atoms with van der Waals surface area (Å²) in [6.45, 7) is 14.5. The molecule has 388 valence electrons. The van der Waals surface area contributed by atoms with Crippen molar-refractivity contribution in [1.82, 2.24) is 19.8 Å². The van der Waals surface area contributed by atoms with Gasteiger partial charge in [-0.3, -0.25) is 19.6 Å². The van der Waals surface area contributed by atoms with Crippen LogP contribution in [0.3, 0.4) is 0 Å². The van der Waals surface area contributed by atoms with Gasteiger partial charge in [0.25, 0.3) is 0 Å². The number of anilines is 3. The van der Waals surface area contributed by atoms with E-state index in [1.54, 1.807) is 59.2 Å². The highest BCUT2D eigenvalue weighted by Crippen LogP contribution is 2.48. The fraction of sp³-hybridized carbons (Fsp3) is 0.357. The molecule has 19 heteroatoms. The van der Waals surface area contributed by atoms with E-state index in [1.807, 2.05) is 13.8 Å². The molecule has 2 amide bonds. The van der Waals surface area contributed by atoms with Crippen LogP contribution in [0.5, 0.6) is 23.0 Å². The number of piperidine rings is 3. The highest BCUT2D eigenvalue weighted by atomic mass is 35.5. The van der Waals surface area contributed by atoms with E-state index in [4.69, 9.17) is 53.8 Å². The molecule has 4 fully saturated rings. The lowest BCUT2D eigenvalue weighted by atomic mass is 9.68. The standard InChI is InChI=1S/C56H53Cl3F2N8O6/c1-8-46(70)68-26-31-15-32(27-68)55(31)75-45-17-36-40(19-43(45)73-7)64-24-33(22-62)53(36)66-39-11-10-30(48(58)50(39)60)20-56(28(3)4)21-35(12-13-69(56)47(71)9-2)74-44-16-37-41(18-42(44)72-6)65-25-34(23-63)54(37)67-52-29(5)14-38(57)49(59)51(52)61/h8-11,14,16-19,24-25,28-29,31-32,35,52,55H,1-2,12-13,15,20-21,26-27H2,3-7H3,(H,64,66)(H,65,67)/t29?,31-,32+,35-,52?,55?,56-/m0/s1. The van der Waals surface area contributed by atoms with E-state index in [1.165, 1.54) is 38.8 Å². The van der Waals surface area contributed by atoms with Crippen LogP contribution in [0.25, 0.3) is 21.8 Å². The van der Waals surface area contributed by atoms with Crippen molar-refractivity contribution in [2.75, 3.05) is 44.5 Å². The van der Waals surface area contributed by atoms with Crippen LogP contribution in [0.4, 0.5) is 25.8 Å². The molecule has 5 aliphatic rings. The molecular formula is C56H53Cl3F2N8O6. The van der Waals surface area contributed by atoms with Crippen LogP contribution < -0.4 is 29.6 Å². The molecule has 5 aromatic rings. The number of halogens is 5. The summed E-state index contributed by atoms with van der Waals surface area (Å²) in [5, 5.41) is 27.5. The number of amides is 2. The number of pyridine rings is 2. The Morgan fingerprint density at radius 1 is 0.893 bits per heavy atom. The second-order valence-corrected chi connectivity index (χ2v) is 20.9.